The van der Waals surface area contributed by atoms with Crippen LogP contribution in [0.4, 0.5) is 17.5 Å². The largest absolute Gasteiger partial charge is 0.382 e. The van der Waals surface area contributed by atoms with Crippen LogP contribution in [0.15, 0.2) is 41.0 Å². The zero-order chi connectivity index (χ0) is 19.7. The zero-order valence-corrected chi connectivity index (χ0v) is 17.3. The van der Waals surface area contributed by atoms with Crippen LogP contribution in [0.3, 0.4) is 0 Å². The Morgan fingerprint density at radius 2 is 2.00 bits per heavy atom. The predicted molar refractivity (Wildman–Crippen MR) is 116 cm³/mol. The molecule has 148 valence electrons. The minimum absolute atomic E-state index is 0.294. The molecule has 2 fully saturated rings. The van der Waals surface area contributed by atoms with Gasteiger partial charge in [0.05, 0.1) is 11.2 Å². The van der Waals surface area contributed by atoms with Crippen LogP contribution in [0.25, 0.3) is 0 Å². The van der Waals surface area contributed by atoms with Gasteiger partial charge in [0.25, 0.3) is 0 Å². The highest BCUT2D eigenvalue weighted by Crippen LogP contribution is 2.49. The first kappa shape index (κ1) is 19.3. The fourth-order valence-corrected chi connectivity index (χ4v) is 5.37. The molecule has 1 spiro atoms. The Bertz CT molecular complexity index is 881. The number of rotatable bonds is 4. The van der Waals surface area contributed by atoms with Gasteiger partial charge in [0, 0.05) is 24.2 Å². The number of allylic oxidation sites excluding steroid dienone is 1. The van der Waals surface area contributed by atoms with E-state index in [4.69, 9.17) is 23.1 Å². The Kier molecular flexibility index (Phi) is 5.38. The van der Waals surface area contributed by atoms with Crippen LogP contribution in [0.2, 0.25) is 5.02 Å². The van der Waals surface area contributed by atoms with E-state index in [-0.39, 0.29) is 0 Å². The SMILES string of the molecule is C=C[C@H]1CCC2(CCN(c3cnc(Sc4ccnc(N)c4Cl)c(N)n3)CC2)C1. The molecule has 1 aliphatic carbocycles. The van der Waals surface area contributed by atoms with Crippen molar-refractivity contribution in [2.75, 3.05) is 29.5 Å². The normalized spacial score (nSPS) is 21.2. The van der Waals surface area contributed by atoms with Gasteiger partial charge in [-0.1, -0.05) is 29.4 Å². The molecule has 2 aromatic rings. The van der Waals surface area contributed by atoms with E-state index in [1.165, 1.54) is 43.9 Å². The number of hydrogen-bond acceptors (Lipinski definition) is 7. The molecular weight excluding hydrogens is 392 g/mol. The fraction of sp³-hybridized carbons (Fsp3) is 0.450. The zero-order valence-electron chi connectivity index (χ0n) is 15.8. The average Bonchev–Trinajstić information content (AvgIpc) is 3.10. The molecule has 2 aliphatic rings. The number of halogens is 1. The Morgan fingerprint density at radius 1 is 1.21 bits per heavy atom. The first-order chi connectivity index (χ1) is 13.5. The van der Waals surface area contributed by atoms with Gasteiger partial charge in [0.2, 0.25) is 0 Å². The van der Waals surface area contributed by atoms with Crippen LogP contribution >= 0.6 is 23.4 Å². The van der Waals surface area contributed by atoms with Crippen molar-refractivity contribution in [1.82, 2.24) is 15.0 Å². The highest BCUT2D eigenvalue weighted by atomic mass is 35.5. The first-order valence-corrected chi connectivity index (χ1v) is 10.8. The number of nitrogens with zero attached hydrogens (tertiary/aromatic N) is 4. The molecule has 0 aromatic carbocycles. The second-order valence-corrected chi connectivity index (χ2v) is 9.16. The Morgan fingerprint density at radius 3 is 2.68 bits per heavy atom. The van der Waals surface area contributed by atoms with Crippen molar-refractivity contribution in [3.8, 4) is 0 Å². The molecule has 0 bridgehead atoms. The molecule has 1 saturated carbocycles. The van der Waals surface area contributed by atoms with Gasteiger partial charge in [0.1, 0.15) is 16.7 Å². The molecule has 1 saturated heterocycles. The van der Waals surface area contributed by atoms with Crippen molar-refractivity contribution in [2.45, 2.75) is 42.0 Å². The maximum absolute atomic E-state index is 6.22. The highest BCUT2D eigenvalue weighted by molar-refractivity contribution is 7.99. The van der Waals surface area contributed by atoms with E-state index >= 15 is 0 Å². The number of nitrogens with two attached hydrogens (primary N) is 2. The quantitative estimate of drug-likeness (QED) is 0.712. The lowest BCUT2D eigenvalue weighted by Gasteiger charge is -2.40. The third-order valence-corrected chi connectivity index (χ3v) is 7.64. The van der Waals surface area contributed by atoms with E-state index in [2.05, 4.69) is 32.5 Å². The van der Waals surface area contributed by atoms with E-state index in [0.717, 1.165) is 23.8 Å². The summed E-state index contributed by atoms with van der Waals surface area (Å²) >= 11 is 7.57. The van der Waals surface area contributed by atoms with Crippen LogP contribution in [0.1, 0.15) is 32.1 Å². The predicted octanol–water partition coefficient (Wildman–Crippen LogP) is 4.41. The van der Waals surface area contributed by atoms with Gasteiger partial charge in [-0.2, -0.15) is 0 Å². The molecule has 28 heavy (non-hydrogen) atoms. The number of hydrogen-bond donors (Lipinski definition) is 2. The number of nitrogen functional groups attached to an aromatic ring is 2. The van der Waals surface area contributed by atoms with E-state index in [1.54, 1.807) is 18.5 Å². The highest BCUT2D eigenvalue weighted by Gasteiger charge is 2.40. The van der Waals surface area contributed by atoms with Gasteiger partial charge >= 0.3 is 0 Å². The standard InChI is InChI=1S/C20H25ClN6S/c1-2-13-3-5-20(11-13)6-9-27(10-7-20)15-12-25-19(18(23)26-15)28-14-4-8-24-17(22)16(14)21/h2,4,8,12-13H,1,3,5-7,9-11H2,(H2,22,24)(H2,23,26)/t13-/m0/s1. The molecular formula is C20H25ClN6S. The summed E-state index contributed by atoms with van der Waals surface area (Å²) in [5, 5.41) is 1.03. The lowest BCUT2D eigenvalue weighted by atomic mass is 9.76. The summed E-state index contributed by atoms with van der Waals surface area (Å²) in [5.41, 5.74) is 12.4. The summed E-state index contributed by atoms with van der Waals surface area (Å²) in [6.07, 6.45) is 11.8. The second-order valence-electron chi connectivity index (χ2n) is 7.75. The van der Waals surface area contributed by atoms with Crippen LogP contribution in [0, 0.1) is 11.3 Å². The Labute approximate surface area is 174 Å². The average molecular weight is 417 g/mol. The van der Waals surface area contributed by atoms with Gasteiger partial charge in [-0.05, 0) is 49.5 Å². The second kappa shape index (κ2) is 7.79. The fourth-order valence-electron chi connectivity index (χ4n) is 4.36. The topological polar surface area (TPSA) is 94.0 Å². The van der Waals surface area contributed by atoms with Crippen LogP contribution in [-0.2, 0) is 0 Å². The van der Waals surface area contributed by atoms with Crippen molar-refractivity contribution in [2.24, 2.45) is 11.3 Å². The summed E-state index contributed by atoms with van der Waals surface area (Å²) in [6, 6.07) is 1.79. The monoisotopic (exact) mass is 416 g/mol. The smallest absolute Gasteiger partial charge is 0.158 e. The molecule has 4 rings (SSSR count). The molecule has 0 radical (unpaired) electrons. The summed E-state index contributed by atoms with van der Waals surface area (Å²) in [6.45, 7) is 5.97. The summed E-state index contributed by atoms with van der Waals surface area (Å²) in [5.74, 6) is 2.23. The minimum atomic E-state index is 0.294. The van der Waals surface area contributed by atoms with Crippen molar-refractivity contribution in [1.29, 1.82) is 0 Å². The van der Waals surface area contributed by atoms with Gasteiger partial charge in [-0.25, -0.2) is 15.0 Å². The molecule has 6 nitrogen and oxygen atoms in total. The summed E-state index contributed by atoms with van der Waals surface area (Å²) < 4.78 is 0. The number of piperidine rings is 1. The van der Waals surface area contributed by atoms with Crippen molar-refractivity contribution >= 4 is 40.8 Å². The van der Waals surface area contributed by atoms with E-state index in [0.29, 0.717) is 33.0 Å². The summed E-state index contributed by atoms with van der Waals surface area (Å²) in [7, 11) is 0. The van der Waals surface area contributed by atoms with Crippen molar-refractivity contribution in [3.05, 3.63) is 36.1 Å². The third kappa shape index (κ3) is 3.78. The van der Waals surface area contributed by atoms with Gasteiger partial charge in [-0.3, -0.25) is 0 Å². The molecule has 8 heteroatoms. The van der Waals surface area contributed by atoms with Crippen LogP contribution in [0.5, 0.6) is 0 Å². The van der Waals surface area contributed by atoms with E-state index in [1.807, 2.05) is 0 Å². The number of pyridine rings is 1. The maximum Gasteiger partial charge on any atom is 0.158 e. The first-order valence-electron chi connectivity index (χ1n) is 9.57. The van der Waals surface area contributed by atoms with Crippen LogP contribution < -0.4 is 16.4 Å². The Balaban J connectivity index is 1.44. The number of aromatic nitrogens is 3. The molecule has 1 aliphatic heterocycles. The van der Waals surface area contributed by atoms with Crippen molar-refractivity contribution < 1.29 is 0 Å². The summed E-state index contributed by atoms with van der Waals surface area (Å²) in [4.78, 5) is 16.2. The number of anilines is 3. The minimum Gasteiger partial charge on any atom is -0.382 e. The molecule has 1 atom stereocenters. The maximum atomic E-state index is 6.22. The lowest BCUT2D eigenvalue weighted by molar-refractivity contribution is 0.221. The van der Waals surface area contributed by atoms with Crippen molar-refractivity contribution in [3.63, 3.8) is 0 Å². The molecule has 4 N–H and O–H groups in total. The van der Waals surface area contributed by atoms with E-state index in [9.17, 15) is 0 Å². The lowest BCUT2D eigenvalue weighted by Crippen LogP contribution is -2.39. The van der Waals surface area contributed by atoms with Crippen LogP contribution in [-0.4, -0.2) is 28.0 Å². The molecule has 3 heterocycles. The Hall–Kier alpha value is -1.99. The van der Waals surface area contributed by atoms with Gasteiger partial charge < -0.3 is 16.4 Å². The van der Waals surface area contributed by atoms with E-state index < -0.39 is 0 Å². The van der Waals surface area contributed by atoms with Gasteiger partial charge in [0.15, 0.2) is 5.82 Å². The third-order valence-electron chi connectivity index (χ3n) is 6.06. The molecule has 0 amide bonds. The van der Waals surface area contributed by atoms with Gasteiger partial charge in [-0.15, -0.1) is 6.58 Å². The molecule has 0 unspecified atom stereocenters. The molecule has 2 aromatic heterocycles.